The summed E-state index contributed by atoms with van der Waals surface area (Å²) in [7, 11) is 1.58. The number of rotatable bonds is 5. The average molecular weight is 315 g/mol. The Labute approximate surface area is 135 Å². The van der Waals surface area contributed by atoms with E-state index in [1.165, 1.54) is 23.9 Å². The zero-order valence-corrected chi connectivity index (χ0v) is 13.5. The van der Waals surface area contributed by atoms with Crippen LogP contribution in [0.25, 0.3) is 5.69 Å². The van der Waals surface area contributed by atoms with E-state index in [2.05, 4.69) is 15.5 Å². The number of carbonyl (C=O) groups excluding carboxylic acids is 1. The van der Waals surface area contributed by atoms with E-state index >= 15 is 0 Å². The first-order valence-electron chi connectivity index (χ1n) is 7.97. The Morgan fingerprint density at radius 3 is 2.78 bits per heavy atom. The van der Waals surface area contributed by atoms with Gasteiger partial charge in [0, 0.05) is 18.2 Å². The summed E-state index contributed by atoms with van der Waals surface area (Å²) in [6.07, 6.45) is 6.08. The van der Waals surface area contributed by atoms with E-state index in [0.717, 1.165) is 19.4 Å². The van der Waals surface area contributed by atoms with E-state index in [0.29, 0.717) is 23.0 Å². The van der Waals surface area contributed by atoms with Crippen molar-refractivity contribution in [2.24, 2.45) is 0 Å². The zero-order valence-electron chi connectivity index (χ0n) is 13.5. The van der Waals surface area contributed by atoms with Gasteiger partial charge in [-0.15, -0.1) is 5.10 Å². The highest BCUT2D eigenvalue weighted by Crippen LogP contribution is 2.27. The molecule has 1 fully saturated rings. The number of aromatic nitrogens is 4. The molecule has 2 aromatic rings. The maximum absolute atomic E-state index is 12.9. The fraction of sp³-hybridized carbons (Fsp3) is 0.500. The molecule has 1 aromatic carbocycles. The van der Waals surface area contributed by atoms with Crippen LogP contribution in [-0.2, 0) is 0 Å². The molecular formula is C16H21N5O2. The molecule has 0 saturated heterocycles. The number of ether oxygens (including phenoxy) is 1. The van der Waals surface area contributed by atoms with Crippen molar-refractivity contribution >= 4 is 5.91 Å². The van der Waals surface area contributed by atoms with Gasteiger partial charge in [-0.1, -0.05) is 12.8 Å². The molecular weight excluding hydrogens is 294 g/mol. The van der Waals surface area contributed by atoms with Crippen LogP contribution >= 0.6 is 0 Å². The fourth-order valence-electron chi connectivity index (χ4n) is 3.22. The number of carbonyl (C=O) groups is 1. The van der Waals surface area contributed by atoms with Crippen LogP contribution in [0.3, 0.4) is 0 Å². The number of benzene rings is 1. The van der Waals surface area contributed by atoms with Crippen molar-refractivity contribution < 1.29 is 9.53 Å². The van der Waals surface area contributed by atoms with Gasteiger partial charge in [0.2, 0.25) is 0 Å². The fourth-order valence-corrected chi connectivity index (χ4v) is 3.22. The Morgan fingerprint density at radius 1 is 1.39 bits per heavy atom. The largest absolute Gasteiger partial charge is 0.494 e. The maximum atomic E-state index is 12.9. The maximum Gasteiger partial charge on any atom is 0.254 e. The molecule has 0 N–H and O–H groups in total. The third-order valence-corrected chi connectivity index (χ3v) is 4.39. The van der Waals surface area contributed by atoms with Gasteiger partial charge in [0.1, 0.15) is 17.8 Å². The van der Waals surface area contributed by atoms with Gasteiger partial charge >= 0.3 is 0 Å². The van der Waals surface area contributed by atoms with E-state index in [4.69, 9.17) is 4.74 Å². The van der Waals surface area contributed by atoms with Crippen molar-refractivity contribution in [1.29, 1.82) is 0 Å². The predicted molar refractivity (Wildman–Crippen MR) is 84.7 cm³/mol. The lowest BCUT2D eigenvalue weighted by Crippen LogP contribution is -2.38. The quantitative estimate of drug-likeness (QED) is 0.844. The number of hydrogen-bond acceptors (Lipinski definition) is 5. The number of amides is 1. The van der Waals surface area contributed by atoms with Crippen molar-refractivity contribution in [3.63, 3.8) is 0 Å². The number of nitrogens with zero attached hydrogens (tertiary/aromatic N) is 5. The summed E-state index contributed by atoms with van der Waals surface area (Å²) >= 11 is 0. The second-order valence-corrected chi connectivity index (χ2v) is 5.67. The van der Waals surface area contributed by atoms with Gasteiger partial charge in [0.15, 0.2) is 0 Å². The van der Waals surface area contributed by atoms with Gasteiger partial charge in [-0.05, 0) is 48.4 Å². The highest BCUT2D eigenvalue weighted by atomic mass is 16.5. The van der Waals surface area contributed by atoms with E-state index in [9.17, 15) is 4.79 Å². The Kier molecular flexibility index (Phi) is 4.55. The molecule has 7 heteroatoms. The monoisotopic (exact) mass is 315 g/mol. The van der Waals surface area contributed by atoms with Gasteiger partial charge in [-0.2, -0.15) is 4.68 Å². The molecule has 1 aromatic heterocycles. The molecule has 7 nitrogen and oxygen atoms in total. The summed E-state index contributed by atoms with van der Waals surface area (Å²) in [6.45, 7) is 2.75. The predicted octanol–water partition coefficient (Wildman–Crippen LogP) is 2.08. The second kappa shape index (κ2) is 6.76. The average Bonchev–Trinajstić information content (AvgIpc) is 3.28. The smallest absolute Gasteiger partial charge is 0.254 e. The van der Waals surface area contributed by atoms with Crippen molar-refractivity contribution in [2.45, 2.75) is 38.6 Å². The Bertz CT molecular complexity index is 665. The van der Waals surface area contributed by atoms with Crippen LogP contribution in [0.5, 0.6) is 5.75 Å². The molecule has 0 bridgehead atoms. The summed E-state index contributed by atoms with van der Waals surface area (Å²) in [6, 6.07) is 5.72. The van der Waals surface area contributed by atoms with Crippen molar-refractivity contribution in [3.8, 4) is 11.4 Å². The first-order chi connectivity index (χ1) is 11.2. The topological polar surface area (TPSA) is 73.1 Å². The molecule has 23 heavy (non-hydrogen) atoms. The van der Waals surface area contributed by atoms with Crippen LogP contribution < -0.4 is 4.74 Å². The van der Waals surface area contributed by atoms with Gasteiger partial charge in [-0.25, -0.2) is 0 Å². The minimum Gasteiger partial charge on any atom is -0.494 e. The van der Waals surface area contributed by atoms with Crippen LogP contribution in [0.2, 0.25) is 0 Å². The minimum atomic E-state index is 0.0522. The second-order valence-electron chi connectivity index (χ2n) is 5.67. The standard InChI is InChI=1S/C16H21N5O2/c1-3-20(13-6-4-5-7-13)16(22)12-8-9-15(23-2)14(10-12)21-11-17-18-19-21/h8-11,13H,3-7H2,1-2H3. The normalized spacial score (nSPS) is 14.9. The van der Waals surface area contributed by atoms with E-state index < -0.39 is 0 Å². The third-order valence-electron chi connectivity index (χ3n) is 4.39. The molecule has 1 aliphatic carbocycles. The Morgan fingerprint density at radius 2 is 2.17 bits per heavy atom. The lowest BCUT2D eigenvalue weighted by atomic mass is 10.1. The number of methoxy groups -OCH3 is 1. The molecule has 1 saturated carbocycles. The first kappa shape index (κ1) is 15.5. The van der Waals surface area contributed by atoms with E-state index in [-0.39, 0.29) is 5.91 Å². The van der Waals surface area contributed by atoms with Crippen LogP contribution in [0.4, 0.5) is 0 Å². The molecule has 0 atom stereocenters. The van der Waals surface area contributed by atoms with Crippen LogP contribution in [-0.4, -0.2) is 50.7 Å². The summed E-state index contributed by atoms with van der Waals surface area (Å²) in [5.74, 6) is 0.675. The van der Waals surface area contributed by atoms with Gasteiger partial charge < -0.3 is 9.64 Å². The highest BCUT2D eigenvalue weighted by molar-refractivity contribution is 5.95. The molecule has 0 aliphatic heterocycles. The number of hydrogen-bond donors (Lipinski definition) is 0. The molecule has 1 heterocycles. The summed E-state index contributed by atoms with van der Waals surface area (Å²) < 4.78 is 6.85. The van der Waals surface area contributed by atoms with E-state index in [1.54, 1.807) is 25.3 Å². The molecule has 122 valence electrons. The van der Waals surface area contributed by atoms with Crippen molar-refractivity contribution in [1.82, 2.24) is 25.1 Å². The lowest BCUT2D eigenvalue weighted by Gasteiger charge is -2.28. The number of tetrazole rings is 1. The molecule has 1 aliphatic rings. The lowest BCUT2D eigenvalue weighted by molar-refractivity contribution is 0.0693. The van der Waals surface area contributed by atoms with Crippen LogP contribution in [0.15, 0.2) is 24.5 Å². The minimum absolute atomic E-state index is 0.0522. The van der Waals surface area contributed by atoms with Crippen LogP contribution in [0.1, 0.15) is 43.0 Å². The molecule has 0 radical (unpaired) electrons. The SMILES string of the molecule is CCN(C(=O)c1ccc(OC)c(-n2cnnn2)c1)C1CCCC1. The van der Waals surface area contributed by atoms with Crippen LogP contribution in [0, 0.1) is 0 Å². The molecule has 1 amide bonds. The molecule has 0 spiro atoms. The van der Waals surface area contributed by atoms with Gasteiger partial charge in [-0.3, -0.25) is 4.79 Å². The highest BCUT2D eigenvalue weighted by Gasteiger charge is 2.26. The van der Waals surface area contributed by atoms with Crippen molar-refractivity contribution in [3.05, 3.63) is 30.1 Å². The Hall–Kier alpha value is -2.44. The van der Waals surface area contributed by atoms with Gasteiger partial charge in [0.05, 0.1) is 7.11 Å². The Balaban J connectivity index is 1.93. The zero-order chi connectivity index (χ0) is 16.2. The molecule has 0 unspecified atom stereocenters. The molecule has 3 rings (SSSR count). The first-order valence-corrected chi connectivity index (χ1v) is 7.97. The summed E-state index contributed by atoms with van der Waals surface area (Å²) in [4.78, 5) is 14.9. The summed E-state index contributed by atoms with van der Waals surface area (Å²) in [5, 5.41) is 11.2. The summed E-state index contributed by atoms with van der Waals surface area (Å²) in [5.41, 5.74) is 1.29. The van der Waals surface area contributed by atoms with Gasteiger partial charge in [0.25, 0.3) is 5.91 Å². The third kappa shape index (κ3) is 3.04. The van der Waals surface area contributed by atoms with E-state index in [1.807, 2.05) is 11.8 Å². The van der Waals surface area contributed by atoms with Crippen molar-refractivity contribution in [2.75, 3.05) is 13.7 Å².